The summed E-state index contributed by atoms with van der Waals surface area (Å²) in [6.45, 7) is 0.894. The predicted octanol–water partition coefficient (Wildman–Crippen LogP) is 5.19. The van der Waals surface area contributed by atoms with Crippen molar-refractivity contribution in [2.75, 3.05) is 13.2 Å². The lowest BCUT2D eigenvalue weighted by molar-refractivity contribution is -0.757. The van der Waals surface area contributed by atoms with Crippen LogP contribution in [0.4, 0.5) is 0 Å². The number of aromatic nitrogens is 1. The Kier molecular flexibility index (Phi) is 8.48. The minimum atomic E-state index is -0.791. The van der Waals surface area contributed by atoms with Gasteiger partial charge in [0.1, 0.15) is 12.4 Å². The van der Waals surface area contributed by atoms with Crippen molar-refractivity contribution in [1.29, 1.82) is 0 Å². The highest BCUT2D eigenvalue weighted by Gasteiger charge is 2.31. The van der Waals surface area contributed by atoms with Crippen LogP contribution in [0.5, 0.6) is 5.75 Å². The van der Waals surface area contributed by atoms with Gasteiger partial charge in [0.05, 0.1) is 23.7 Å². The van der Waals surface area contributed by atoms with Crippen LogP contribution in [-0.2, 0) is 16.2 Å². The Bertz CT molecular complexity index is 1130. The Hall–Kier alpha value is -3.68. The summed E-state index contributed by atoms with van der Waals surface area (Å²) < 4.78 is 5.96. The zero-order valence-electron chi connectivity index (χ0n) is 19.7. The molecule has 1 aliphatic carbocycles. The van der Waals surface area contributed by atoms with Crippen LogP contribution in [0.25, 0.3) is 10.9 Å². The van der Waals surface area contributed by atoms with Gasteiger partial charge in [-0.15, -0.1) is 10.1 Å². The minimum absolute atomic E-state index is 0.0149. The van der Waals surface area contributed by atoms with E-state index in [4.69, 9.17) is 4.74 Å². The third kappa shape index (κ3) is 6.91. The van der Waals surface area contributed by atoms with E-state index < -0.39 is 5.09 Å². The topological polar surface area (TPSA) is 104 Å². The van der Waals surface area contributed by atoms with Crippen molar-refractivity contribution >= 4 is 16.8 Å². The largest absolute Gasteiger partial charge is 0.487 e. The van der Waals surface area contributed by atoms with Crippen LogP contribution >= 0.6 is 0 Å². The number of fused-ring (bicyclic) bond motifs is 1. The Balaban J connectivity index is 1.34. The van der Waals surface area contributed by atoms with Gasteiger partial charge in [0, 0.05) is 11.9 Å². The number of para-hydroxylation sites is 1. The van der Waals surface area contributed by atoms with E-state index in [9.17, 15) is 14.9 Å². The summed E-state index contributed by atoms with van der Waals surface area (Å²) in [5, 5.41) is 13.5. The molecule has 1 aliphatic rings. The van der Waals surface area contributed by atoms with Crippen molar-refractivity contribution in [2.24, 2.45) is 5.92 Å². The first kappa shape index (κ1) is 24.4. The van der Waals surface area contributed by atoms with E-state index in [1.54, 1.807) is 0 Å². The number of pyridine rings is 1. The Morgan fingerprint density at radius 3 is 2.60 bits per heavy atom. The highest BCUT2D eigenvalue weighted by atomic mass is 16.9. The van der Waals surface area contributed by atoms with Gasteiger partial charge >= 0.3 is 0 Å². The lowest BCUT2D eigenvalue weighted by Crippen LogP contribution is -2.33. The smallest absolute Gasteiger partial charge is 0.294 e. The molecule has 0 unspecified atom stereocenters. The molecule has 0 bridgehead atoms. The van der Waals surface area contributed by atoms with Crippen LogP contribution in [0.2, 0.25) is 0 Å². The van der Waals surface area contributed by atoms with Crippen LogP contribution in [0.15, 0.2) is 60.7 Å². The number of rotatable bonds is 12. The summed E-state index contributed by atoms with van der Waals surface area (Å²) in [5.74, 6) is 0.867. The number of carbonyl (C=O) groups is 1. The summed E-state index contributed by atoms with van der Waals surface area (Å²) in [4.78, 5) is 32.3. The second-order valence-corrected chi connectivity index (χ2v) is 8.93. The molecule has 1 atom stereocenters. The van der Waals surface area contributed by atoms with Gasteiger partial charge in [-0.3, -0.25) is 4.79 Å². The van der Waals surface area contributed by atoms with Crippen LogP contribution in [-0.4, -0.2) is 29.1 Å². The van der Waals surface area contributed by atoms with Gasteiger partial charge in [-0.1, -0.05) is 49.2 Å². The maximum Gasteiger partial charge on any atom is 0.294 e. The third-order valence-electron chi connectivity index (χ3n) is 6.50. The van der Waals surface area contributed by atoms with Gasteiger partial charge in [-0.25, -0.2) is 4.98 Å². The fourth-order valence-electron chi connectivity index (χ4n) is 4.73. The maximum absolute atomic E-state index is 13.1. The Morgan fingerprint density at radius 1 is 1.06 bits per heavy atom. The molecule has 0 aliphatic heterocycles. The van der Waals surface area contributed by atoms with Gasteiger partial charge in [0.25, 0.3) is 5.09 Å². The quantitative estimate of drug-likeness (QED) is 0.219. The average molecular weight is 478 g/mol. The molecular weight excluding hydrogens is 446 g/mol. The molecule has 35 heavy (non-hydrogen) atoms. The summed E-state index contributed by atoms with van der Waals surface area (Å²) in [6, 6.07) is 19.8. The molecule has 184 valence electrons. The summed E-state index contributed by atoms with van der Waals surface area (Å²) >= 11 is 0. The van der Waals surface area contributed by atoms with E-state index in [1.807, 2.05) is 60.7 Å². The summed E-state index contributed by atoms with van der Waals surface area (Å²) in [7, 11) is 0. The standard InChI is InChI=1S/C27H31N3O5/c31-27(28-17-5-6-18-35-30(32)33)26(21-8-1-2-9-21)22-12-15-24(16-13-22)34-19-23-14-11-20-7-3-4-10-25(20)29-23/h3-4,7,10-16,21,26H,1-2,5-6,8-9,17-19H2,(H,28,31)/t26-/m1/s1. The molecule has 3 aromatic rings. The number of benzene rings is 2. The molecule has 1 N–H and O–H groups in total. The highest BCUT2D eigenvalue weighted by Crippen LogP contribution is 2.38. The first-order valence-electron chi connectivity index (χ1n) is 12.2. The van der Waals surface area contributed by atoms with Crippen molar-refractivity contribution in [3.8, 4) is 5.75 Å². The summed E-state index contributed by atoms with van der Waals surface area (Å²) in [5.41, 5.74) is 2.79. The zero-order chi connectivity index (χ0) is 24.5. The van der Waals surface area contributed by atoms with Crippen molar-refractivity contribution in [1.82, 2.24) is 10.3 Å². The molecule has 1 aromatic heterocycles. The Morgan fingerprint density at radius 2 is 1.83 bits per heavy atom. The van der Waals surface area contributed by atoms with E-state index in [-0.39, 0.29) is 18.4 Å². The van der Waals surface area contributed by atoms with Crippen LogP contribution in [0.1, 0.15) is 55.7 Å². The van der Waals surface area contributed by atoms with Gasteiger partial charge in [0.2, 0.25) is 5.91 Å². The predicted molar refractivity (Wildman–Crippen MR) is 132 cm³/mol. The fraction of sp³-hybridized carbons (Fsp3) is 0.407. The van der Waals surface area contributed by atoms with Crippen LogP contribution in [0.3, 0.4) is 0 Å². The molecule has 1 amide bonds. The van der Waals surface area contributed by atoms with E-state index in [0.29, 0.717) is 31.9 Å². The number of hydrogen-bond acceptors (Lipinski definition) is 6. The third-order valence-corrected chi connectivity index (χ3v) is 6.50. The molecule has 8 heteroatoms. The second kappa shape index (κ2) is 12.1. The van der Waals surface area contributed by atoms with Gasteiger partial charge in [0.15, 0.2) is 0 Å². The number of hydrogen-bond donors (Lipinski definition) is 1. The number of amides is 1. The van der Waals surface area contributed by atoms with E-state index in [1.165, 1.54) is 0 Å². The maximum atomic E-state index is 13.1. The summed E-state index contributed by atoms with van der Waals surface area (Å²) in [6.07, 6.45) is 5.53. The first-order valence-corrected chi connectivity index (χ1v) is 12.2. The first-order chi connectivity index (χ1) is 17.1. The number of carbonyl (C=O) groups excluding carboxylic acids is 1. The molecule has 1 fully saturated rings. The number of nitrogens with one attached hydrogen (secondary N) is 1. The lowest BCUT2D eigenvalue weighted by atomic mass is 9.84. The fourth-order valence-corrected chi connectivity index (χ4v) is 4.73. The molecule has 1 heterocycles. The molecule has 0 radical (unpaired) electrons. The molecular formula is C27H31N3O5. The van der Waals surface area contributed by atoms with Crippen molar-refractivity contribution in [3.63, 3.8) is 0 Å². The highest BCUT2D eigenvalue weighted by molar-refractivity contribution is 5.84. The van der Waals surface area contributed by atoms with Crippen molar-refractivity contribution in [2.45, 2.75) is 51.0 Å². The SMILES string of the molecule is O=C(NCCCCO[N+](=O)[O-])[C@@H](c1ccc(OCc2ccc3ccccc3n2)cc1)C1CCCC1. The normalized spacial score (nSPS) is 14.5. The van der Waals surface area contributed by atoms with Crippen molar-refractivity contribution < 1.29 is 19.5 Å². The molecule has 2 aromatic carbocycles. The van der Waals surface area contributed by atoms with Gasteiger partial charge < -0.3 is 14.9 Å². The van der Waals surface area contributed by atoms with Crippen LogP contribution in [0, 0.1) is 16.0 Å². The van der Waals surface area contributed by atoms with Gasteiger partial charge in [-0.05, 0) is 61.4 Å². The number of unbranched alkanes of at least 4 members (excludes halogenated alkanes) is 1. The molecule has 1 saturated carbocycles. The van der Waals surface area contributed by atoms with E-state index in [2.05, 4.69) is 15.1 Å². The van der Waals surface area contributed by atoms with E-state index in [0.717, 1.165) is 53.6 Å². The minimum Gasteiger partial charge on any atom is -0.487 e. The number of ether oxygens (including phenoxy) is 1. The second-order valence-electron chi connectivity index (χ2n) is 8.93. The lowest BCUT2D eigenvalue weighted by Gasteiger charge is -2.23. The molecule has 0 spiro atoms. The zero-order valence-corrected chi connectivity index (χ0v) is 19.7. The van der Waals surface area contributed by atoms with Crippen molar-refractivity contribution in [3.05, 3.63) is 82.0 Å². The number of nitrogens with zero attached hydrogens (tertiary/aromatic N) is 2. The monoisotopic (exact) mass is 477 g/mol. The van der Waals surface area contributed by atoms with Gasteiger partial charge in [-0.2, -0.15) is 0 Å². The van der Waals surface area contributed by atoms with E-state index >= 15 is 0 Å². The molecule has 4 rings (SSSR count). The average Bonchev–Trinajstić information content (AvgIpc) is 3.40. The van der Waals surface area contributed by atoms with Crippen LogP contribution < -0.4 is 10.1 Å². The molecule has 8 nitrogen and oxygen atoms in total. The molecule has 0 saturated heterocycles. The Labute approximate surface area is 204 Å².